The maximum atomic E-state index is 9.78. The molecule has 0 saturated carbocycles. The predicted octanol–water partition coefficient (Wildman–Crippen LogP) is 2.21. The molecule has 4 nitrogen and oxygen atoms in total. The van der Waals surface area contributed by atoms with Crippen molar-refractivity contribution in [2.24, 2.45) is 0 Å². The monoisotopic (exact) mass is 364 g/mol. The second kappa shape index (κ2) is 8.85. The van der Waals surface area contributed by atoms with Crippen LogP contribution < -0.4 is 10.1 Å². The average Bonchev–Trinajstić information content (AvgIpc) is 2.44. The minimum absolute atomic E-state index is 0. The van der Waals surface area contributed by atoms with Gasteiger partial charge in [0, 0.05) is 36.2 Å². The van der Waals surface area contributed by atoms with Crippen molar-refractivity contribution in [1.29, 1.82) is 0 Å². The van der Waals surface area contributed by atoms with Gasteiger partial charge in [-0.05, 0) is 25.1 Å². The number of aliphatic hydroxyl groups excluding tert-OH is 1. The minimum atomic E-state index is 0. The molecule has 1 saturated heterocycles. The van der Waals surface area contributed by atoms with E-state index in [9.17, 15) is 5.11 Å². The molecule has 2 rings (SSSR count). The summed E-state index contributed by atoms with van der Waals surface area (Å²) >= 11 is 3.50. The van der Waals surface area contributed by atoms with E-state index in [0.29, 0.717) is 6.61 Å². The lowest BCUT2D eigenvalue weighted by molar-refractivity contribution is 0.108. The van der Waals surface area contributed by atoms with Crippen molar-refractivity contribution in [3.8, 4) is 5.75 Å². The first-order valence-electron chi connectivity index (χ1n) is 6.74. The Kier molecular flexibility index (Phi) is 7.84. The first-order chi connectivity index (χ1) is 9.26. The van der Waals surface area contributed by atoms with Gasteiger partial charge in [-0.1, -0.05) is 15.9 Å². The summed E-state index contributed by atoms with van der Waals surface area (Å²) in [7, 11) is 0. The van der Waals surface area contributed by atoms with Crippen molar-refractivity contribution in [2.45, 2.75) is 13.0 Å². The van der Waals surface area contributed by atoms with Crippen LogP contribution in [-0.4, -0.2) is 49.4 Å². The summed E-state index contributed by atoms with van der Waals surface area (Å²) in [5.74, 6) is 0.864. The minimum Gasteiger partial charge on any atom is -0.494 e. The highest BCUT2D eigenvalue weighted by atomic mass is 79.9. The zero-order valence-corrected chi connectivity index (χ0v) is 14.0. The van der Waals surface area contributed by atoms with Crippen LogP contribution in [0.25, 0.3) is 0 Å². The molecule has 0 aromatic heterocycles. The van der Waals surface area contributed by atoms with E-state index >= 15 is 0 Å². The zero-order chi connectivity index (χ0) is 13.7. The Bertz CT molecular complexity index is 414. The van der Waals surface area contributed by atoms with Gasteiger partial charge < -0.3 is 15.2 Å². The number of halogens is 2. The lowest BCUT2D eigenvalue weighted by Crippen LogP contribution is -2.46. The summed E-state index contributed by atoms with van der Waals surface area (Å²) in [5, 5.41) is 13.1. The van der Waals surface area contributed by atoms with Gasteiger partial charge in [0.15, 0.2) is 0 Å². The van der Waals surface area contributed by atoms with Gasteiger partial charge >= 0.3 is 0 Å². The normalized spacial score (nSPS) is 17.4. The van der Waals surface area contributed by atoms with Gasteiger partial charge in [-0.15, -0.1) is 12.4 Å². The Morgan fingerprint density at radius 2 is 2.10 bits per heavy atom. The lowest BCUT2D eigenvalue weighted by atomic mass is 10.0. The highest BCUT2D eigenvalue weighted by molar-refractivity contribution is 9.10. The molecule has 2 N–H and O–H groups in total. The second-order valence-electron chi connectivity index (χ2n) is 4.60. The predicted molar refractivity (Wildman–Crippen MR) is 86.8 cm³/mol. The van der Waals surface area contributed by atoms with Crippen LogP contribution in [0, 0.1) is 0 Å². The quantitative estimate of drug-likeness (QED) is 0.840. The fourth-order valence-electron chi connectivity index (χ4n) is 2.47. The standard InChI is InChI=1S/C14H21BrN2O2.ClH/c1-2-19-14-4-3-11(15)9-12(14)13(10-18)17-7-5-16-6-8-17;/h3-4,9,13,16,18H,2,5-8,10H2,1H3;1H/t13-;/m1./s1. The van der Waals surface area contributed by atoms with E-state index in [1.165, 1.54) is 0 Å². The third-order valence-corrected chi connectivity index (χ3v) is 3.89. The number of aliphatic hydroxyl groups is 1. The Morgan fingerprint density at radius 3 is 2.70 bits per heavy atom. The zero-order valence-electron chi connectivity index (χ0n) is 11.6. The molecule has 1 aliphatic rings. The summed E-state index contributed by atoms with van der Waals surface area (Å²) in [6.07, 6.45) is 0. The van der Waals surface area contributed by atoms with Crippen LogP contribution in [0.2, 0.25) is 0 Å². The molecule has 1 fully saturated rings. The smallest absolute Gasteiger partial charge is 0.124 e. The molecular weight excluding hydrogens is 344 g/mol. The molecule has 20 heavy (non-hydrogen) atoms. The molecule has 1 heterocycles. The first kappa shape index (κ1) is 17.7. The van der Waals surface area contributed by atoms with Crippen LogP contribution in [0.4, 0.5) is 0 Å². The largest absolute Gasteiger partial charge is 0.494 e. The van der Waals surface area contributed by atoms with Crippen molar-refractivity contribution in [2.75, 3.05) is 39.4 Å². The van der Waals surface area contributed by atoms with Gasteiger partial charge in [0.05, 0.1) is 19.3 Å². The number of nitrogens with zero attached hydrogens (tertiary/aromatic N) is 1. The van der Waals surface area contributed by atoms with E-state index in [0.717, 1.165) is 42.0 Å². The molecule has 0 bridgehead atoms. The van der Waals surface area contributed by atoms with E-state index < -0.39 is 0 Å². The molecule has 1 atom stereocenters. The van der Waals surface area contributed by atoms with E-state index in [-0.39, 0.29) is 25.1 Å². The lowest BCUT2D eigenvalue weighted by Gasteiger charge is -2.34. The molecule has 1 aromatic carbocycles. The maximum Gasteiger partial charge on any atom is 0.124 e. The summed E-state index contributed by atoms with van der Waals surface area (Å²) in [5.41, 5.74) is 1.06. The van der Waals surface area contributed by atoms with Crippen molar-refractivity contribution in [3.63, 3.8) is 0 Å². The topological polar surface area (TPSA) is 44.7 Å². The maximum absolute atomic E-state index is 9.78. The molecule has 0 aliphatic carbocycles. The average molecular weight is 366 g/mol. The molecule has 0 spiro atoms. The third-order valence-electron chi connectivity index (χ3n) is 3.40. The van der Waals surface area contributed by atoms with Gasteiger partial charge in [-0.2, -0.15) is 0 Å². The Labute approximate surface area is 135 Å². The van der Waals surface area contributed by atoms with Crippen LogP contribution in [0.3, 0.4) is 0 Å². The number of piperazine rings is 1. The molecule has 1 aliphatic heterocycles. The van der Waals surface area contributed by atoms with Crippen molar-refractivity contribution in [3.05, 3.63) is 28.2 Å². The Balaban J connectivity index is 0.00000200. The Hall–Kier alpha value is -0.330. The summed E-state index contributed by atoms with van der Waals surface area (Å²) < 4.78 is 6.70. The van der Waals surface area contributed by atoms with Crippen LogP contribution in [0.15, 0.2) is 22.7 Å². The highest BCUT2D eigenvalue weighted by Gasteiger charge is 2.24. The summed E-state index contributed by atoms with van der Waals surface area (Å²) in [4.78, 5) is 2.31. The molecule has 0 radical (unpaired) electrons. The molecule has 0 amide bonds. The van der Waals surface area contributed by atoms with Gasteiger partial charge in [0.1, 0.15) is 5.75 Å². The van der Waals surface area contributed by atoms with E-state index in [1.807, 2.05) is 25.1 Å². The first-order valence-corrected chi connectivity index (χ1v) is 7.53. The second-order valence-corrected chi connectivity index (χ2v) is 5.52. The molecular formula is C14H22BrClN2O2. The number of nitrogens with one attached hydrogen (secondary N) is 1. The number of hydrogen-bond donors (Lipinski definition) is 2. The third kappa shape index (κ3) is 4.33. The fraction of sp³-hybridized carbons (Fsp3) is 0.571. The summed E-state index contributed by atoms with van der Waals surface area (Å²) in [6.45, 7) is 6.55. The molecule has 1 aromatic rings. The van der Waals surface area contributed by atoms with Gasteiger partial charge in [-0.3, -0.25) is 4.90 Å². The van der Waals surface area contributed by atoms with Crippen LogP contribution in [-0.2, 0) is 0 Å². The highest BCUT2D eigenvalue weighted by Crippen LogP contribution is 2.32. The molecule has 0 unspecified atom stereocenters. The van der Waals surface area contributed by atoms with Crippen molar-refractivity contribution < 1.29 is 9.84 Å². The van der Waals surface area contributed by atoms with Gasteiger partial charge in [-0.25, -0.2) is 0 Å². The van der Waals surface area contributed by atoms with Crippen LogP contribution in [0.5, 0.6) is 5.75 Å². The van der Waals surface area contributed by atoms with Crippen molar-refractivity contribution >= 4 is 28.3 Å². The van der Waals surface area contributed by atoms with Gasteiger partial charge in [0.25, 0.3) is 0 Å². The van der Waals surface area contributed by atoms with Crippen molar-refractivity contribution in [1.82, 2.24) is 10.2 Å². The van der Waals surface area contributed by atoms with E-state index in [1.54, 1.807) is 0 Å². The van der Waals surface area contributed by atoms with E-state index in [4.69, 9.17) is 4.74 Å². The van der Waals surface area contributed by atoms with Crippen LogP contribution in [0.1, 0.15) is 18.5 Å². The van der Waals surface area contributed by atoms with Gasteiger partial charge in [0.2, 0.25) is 0 Å². The number of hydrogen-bond acceptors (Lipinski definition) is 4. The Morgan fingerprint density at radius 1 is 1.40 bits per heavy atom. The SMILES string of the molecule is CCOc1ccc(Br)cc1[C@@H](CO)N1CCNCC1.Cl. The number of ether oxygens (including phenoxy) is 1. The number of benzene rings is 1. The molecule has 114 valence electrons. The van der Waals surface area contributed by atoms with E-state index in [2.05, 4.69) is 26.1 Å². The fourth-order valence-corrected chi connectivity index (χ4v) is 2.85. The summed E-state index contributed by atoms with van der Waals surface area (Å²) in [6, 6.07) is 5.99. The molecule has 6 heteroatoms. The number of rotatable bonds is 5. The van der Waals surface area contributed by atoms with Crippen LogP contribution >= 0.6 is 28.3 Å².